The van der Waals surface area contributed by atoms with Crippen LogP contribution in [0.2, 0.25) is 0 Å². The molecular weight excluding hydrogens is 318 g/mol. The van der Waals surface area contributed by atoms with Crippen molar-refractivity contribution in [1.29, 1.82) is 0 Å². The normalized spacial score (nSPS) is 11.8. The van der Waals surface area contributed by atoms with E-state index in [4.69, 9.17) is 0 Å². The molecule has 0 aliphatic rings. The highest BCUT2D eigenvalue weighted by Gasteiger charge is 2.13. The van der Waals surface area contributed by atoms with E-state index in [1.54, 1.807) is 0 Å². The Morgan fingerprint density at radius 1 is 0.808 bits per heavy atom. The van der Waals surface area contributed by atoms with Crippen molar-refractivity contribution < 1.29 is 4.79 Å². The largest absolute Gasteiger partial charge is 0.326 e. The molecule has 3 aromatic rings. The maximum absolute atomic E-state index is 12.5. The lowest BCUT2D eigenvalue weighted by Gasteiger charge is -2.14. The Labute approximate surface area is 155 Å². The highest BCUT2D eigenvalue weighted by Crippen LogP contribution is 2.30. The Morgan fingerprint density at radius 2 is 1.31 bits per heavy atom. The third-order valence-corrected chi connectivity index (χ3v) is 4.58. The summed E-state index contributed by atoms with van der Waals surface area (Å²) in [5.41, 5.74) is 5.33. The third-order valence-electron chi connectivity index (χ3n) is 4.58. The second-order valence-corrected chi connectivity index (χ2v) is 6.71. The minimum absolute atomic E-state index is 0.0144. The van der Waals surface area contributed by atoms with Gasteiger partial charge in [-0.2, -0.15) is 0 Å². The summed E-state index contributed by atoms with van der Waals surface area (Å²) >= 11 is 0. The molecular formula is C24H25NO. The van der Waals surface area contributed by atoms with Crippen molar-refractivity contribution in [2.45, 2.75) is 26.7 Å². The van der Waals surface area contributed by atoms with Gasteiger partial charge in [-0.1, -0.05) is 80.9 Å². The van der Waals surface area contributed by atoms with Crippen LogP contribution in [0.4, 0.5) is 5.69 Å². The SMILES string of the molecule is CCCC(C)C(=O)Nc1cc(-c2ccccc2)cc(-c2ccccc2)c1. The van der Waals surface area contributed by atoms with Gasteiger partial charge < -0.3 is 5.32 Å². The Kier molecular flexibility index (Phi) is 5.85. The van der Waals surface area contributed by atoms with Crippen molar-refractivity contribution in [3.05, 3.63) is 78.9 Å². The molecule has 0 radical (unpaired) electrons. The summed E-state index contributed by atoms with van der Waals surface area (Å²) in [4.78, 5) is 12.5. The van der Waals surface area contributed by atoms with E-state index in [9.17, 15) is 4.79 Å². The topological polar surface area (TPSA) is 29.1 Å². The highest BCUT2D eigenvalue weighted by atomic mass is 16.1. The summed E-state index contributed by atoms with van der Waals surface area (Å²) in [5, 5.41) is 3.11. The van der Waals surface area contributed by atoms with Crippen LogP contribution in [0, 0.1) is 5.92 Å². The lowest BCUT2D eigenvalue weighted by Crippen LogP contribution is -2.20. The highest BCUT2D eigenvalue weighted by molar-refractivity contribution is 5.94. The molecule has 1 N–H and O–H groups in total. The lowest BCUT2D eigenvalue weighted by molar-refractivity contribution is -0.119. The molecule has 3 aromatic carbocycles. The minimum Gasteiger partial charge on any atom is -0.326 e. The van der Waals surface area contributed by atoms with E-state index in [0.717, 1.165) is 40.8 Å². The predicted molar refractivity (Wildman–Crippen MR) is 110 cm³/mol. The Morgan fingerprint density at radius 3 is 1.77 bits per heavy atom. The van der Waals surface area contributed by atoms with Crippen LogP contribution in [-0.2, 0) is 4.79 Å². The predicted octanol–water partition coefficient (Wildman–Crippen LogP) is 6.40. The fourth-order valence-corrected chi connectivity index (χ4v) is 3.12. The molecule has 0 aliphatic heterocycles. The van der Waals surface area contributed by atoms with Crippen LogP contribution in [0.1, 0.15) is 26.7 Å². The minimum atomic E-state index is 0.0144. The summed E-state index contributed by atoms with van der Waals surface area (Å²) in [6.45, 7) is 4.09. The van der Waals surface area contributed by atoms with E-state index >= 15 is 0 Å². The van der Waals surface area contributed by atoms with Crippen molar-refractivity contribution in [1.82, 2.24) is 0 Å². The number of benzene rings is 3. The van der Waals surface area contributed by atoms with Gasteiger partial charge in [0.2, 0.25) is 5.91 Å². The van der Waals surface area contributed by atoms with E-state index in [2.05, 4.69) is 54.7 Å². The molecule has 0 aliphatic carbocycles. The molecule has 2 heteroatoms. The molecule has 132 valence electrons. The molecule has 3 rings (SSSR count). The molecule has 0 fully saturated rings. The summed E-state index contributed by atoms with van der Waals surface area (Å²) < 4.78 is 0. The first-order valence-electron chi connectivity index (χ1n) is 9.24. The van der Waals surface area contributed by atoms with Crippen molar-refractivity contribution in [2.24, 2.45) is 5.92 Å². The molecule has 26 heavy (non-hydrogen) atoms. The maximum Gasteiger partial charge on any atom is 0.227 e. The monoisotopic (exact) mass is 343 g/mol. The summed E-state index contributed by atoms with van der Waals surface area (Å²) in [6, 6.07) is 26.8. The van der Waals surface area contributed by atoms with Crippen molar-refractivity contribution >= 4 is 11.6 Å². The first-order valence-corrected chi connectivity index (χ1v) is 9.24. The molecule has 1 amide bonds. The van der Waals surface area contributed by atoms with Gasteiger partial charge in [-0.25, -0.2) is 0 Å². The number of carbonyl (C=O) groups excluding carboxylic acids is 1. The fraction of sp³-hybridized carbons (Fsp3) is 0.208. The van der Waals surface area contributed by atoms with Gasteiger partial charge in [0.05, 0.1) is 0 Å². The zero-order valence-electron chi connectivity index (χ0n) is 15.4. The Hall–Kier alpha value is -2.87. The smallest absolute Gasteiger partial charge is 0.227 e. The number of hydrogen-bond acceptors (Lipinski definition) is 1. The summed E-state index contributed by atoms with van der Waals surface area (Å²) in [6.07, 6.45) is 1.91. The Bertz CT molecular complexity index is 798. The van der Waals surface area contributed by atoms with Gasteiger partial charge in [0.15, 0.2) is 0 Å². The molecule has 0 saturated heterocycles. The average molecular weight is 343 g/mol. The van der Waals surface area contributed by atoms with E-state index in [1.807, 2.05) is 43.3 Å². The van der Waals surface area contributed by atoms with E-state index in [-0.39, 0.29) is 11.8 Å². The van der Waals surface area contributed by atoms with Gasteiger partial charge in [0, 0.05) is 11.6 Å². The van der Waals surface area contributed by atoms with Crippen LogP contribution in [0.5, 0.6) is 0 Å². The zero-order valence-corrected chi connectivity index (χ0v) is 15.4. The molecule has 2 nitrogen and oxygen atoms in total. The van der Waals surface area contributed by atoms with Crippen LogP contribution in [-0.4, -0.2) is 5.91 Å². The first kappa shape index (κ1) is 17.9. The van der Waals surface area contributed by atoms with Gasteiger partial charge in [-0.3, -0.25) is 4.79 Å². The first-order chi connectivity index (χ1) is 12.7. The van der Waals surface area contributed by atoms with Crippen LogP contribution in [0.15, 0.2) is 78.9 Å². The van der Waals surface area contributed by atoms with Gasteiger partial charge in [0.25, 0.3) is 0 Å². The number of nitrogens with one attached hydrogen (secondary N) is 1. The van der Waals surface area contributed by atoms with Crippen LogP contribution in [0.3, 0.4) is 0 Å². The number of anilines is 1. The summed E-state index contributed by atoms with van der Waals surface area (Å²) in [5.74, 6) is 0.0941. The number of hydrogen-bond donors (Lipinski definition) is 1. The second-order valence-electron chi connectivity index (χ2n) is 6.71. The third kappa shape index (κ3) is 4.40. The molecule has 0 heterocycles. The van der Waals surface area contributed by atoms with Crippen LogP contribution < -0.4 is 5.32 Å². The van der Waals surface area contributed by atoms with Gasteiger partial charge in [0.1, 0.15) is 0 Å². The van der Waals surface area contributed by atoms with Gasteiger partial charge in [-0.15, -0.1) is 0 Å². The second kappa shape index (κ2) is 8.48. The van der Waals surface area contributed by atoms with E-state index in [0.29, 0.717) is 0 Å². The van der Waals surface area contributed by atoms with Crippen molar-refractivity contribution in [2.75, 3.05) is 5.32 Å². The molecule has 1 unspecified atom stereocenters. The summed E-state index contributed by atoms with van der Waals surface area (Å²) in [7, 11) is 0. The maximum atomic E-state index is 12.5. The number of carbonyl (C=O) groups is 1. The number of rotatable bonds is 6. The molecule has 1 atom stereocenters. The standard InChI is InChI=1S/C24H25NO/c1-3-10-18(2)24(26)25-23-16-21(19-11-6-4-7-12-19)15-22(17-23)20-13-8-5-9-14-20/h4-9,11-18H,3,10H2,1-2H3,(H,25,26). The fourth-order valence-electron chi connectivity index (χ4n) is 3.12. The van der Waals surface area contributed by atoms with Gasteiger partial charge in [-0.05, 0) is 46.9 Å². The zero-order chi connectivity index (χ0) is 18.4. The molecule has 0 spiro atoms. The molecule has 0 saturated carbocycles. The Balaban J connectivity index is 1.99. The number of amides is 1. The molecule has 0 aromatic heterocycles. The average Bonchev–Trinajstić information content (AvgIpc) is 2.69. The van der Waals surface area contributed by atoms with Crippen LogP contribution >= 0.6 is 0 Å². The lowest BCUT2D eigenvalue weighted by atomic mass is 9.97. The van der Waals surface area contributed by atoms with E-state index < -0.39 is 0 Å². The van der Waals surface area contributed by atoms with E-state index in [1.165, 1.54) is 0 Å². The van der Waals surface area contributed by atoms with Gasteiger partial charge >= 0.3 is 0 Å². The van der Waals surface area contributed by atoms with Crippen LogP contribution in [0.25, 0.3) is 22.3 Å². The van der Waals surface area contributed by atoms with Crippen molar-refractivity contribution in [3.8, 4) is 22.3 Å². The quantitative estimate of drug-likeness (QED) is 0.551. The van der Waals surface area contributed by atoms with Crippen molar-refractivity contribution in [3.63, 3.8) is 0 Å². The molecule has 0 bridgehead atoms.